The van der Waals surface area contributed by atoms with Crippen molar-refractivity contribution >= 4 is 161 Å². The Morgan fingerprint density at radius 2 is 0.483 bits per heavy atom. The van der Waals surface area contributed by atoms with E-state index < -0.39 is 0 Å². The summed E-state index contributed by atoms with van der Waals surface area (Å²) in [6.07, 6.45) is 0. The molecule has 0 N–H and O–H groups in total. The number of aromatic nitrogens is 4. The molecule has 0 unspecified atom stereocenters. The highest BCUT2D eigenvalue weighted by atomic mass is 32.1. The van der Waals surface area contributed by atoms with Gasteiger partial charge in [0, 0.05) is 112 Å². The van der Waals surface area contributed by atoms with Crippen LogP contribution < -0.4 is 0 Å². The summed E-state index contributed by atoms with van der Waals surface area (Å²) in [4.78, 5) is 0. The molecule has 0 bridgehead atoms. The Balaban J connectivity index is 0.000000135. The van der Waals surface area contributed by atoms with E-state index in [9.17, 15) is 0 Å². The van der Waals surface area contributed by atoms with Gasteiger partial charge < -0.3 is 18.3 Å². The van der Waals surface area contributed by atoms with Crippen LogP contribution in [-0.4, -0.2) is 18.3 Å². The maximum absolute atomic E-state index is 2.48. The van der Waals surface area contributed by atoms with E-state index in [1.54, 1.807) is 0 Å². The quantitative estimate of drug-likeness (QED) is 0.130. The average Bonchev–Trinajstić information content (AvgIpc) is 1.58. The smallest absolute Gasteiger partial charge is 0.0562 e. The fourth-order valence-electron chi connectivity index (χ4n) is 18.9. The zero-order chi connectivity index (χ0) is 77.5. The van der Waals surface area contributed by atoms with Crippen molar-refractivity contribution in [2.75, 3.05) is 0 Å². The fourth-order valence-corrected chi connectivity index (χ4v) is 21.4. The summed E-state index contributed by atoms with van der Waals surface area (Å²) in [5.41, 5.74) is 28.8. The molecule has 19 aromatic carbocycles. The topological polar surface area (TPSA) is 19.7 Å². The van der Waals surface area contributed by atoms with Crippen LogP contribution in [0.15, 0.2) is 425 Å². The summed E-state index contributed by atoms with van der Waals surface area (Å²) in [6.45, 7) is 0. The van der Waals surface area contributed by atoms with E-state index >= 15 is 0 Å². The molecule has 25 rings (SSSR count). The third-order valence-electron chi connectivity index (χ3n) is 24.4. The zero-order valence-corrected chi connectivity index (χ0v) is 65.7. The van der Waals surface area contributed by atoms with Gasteiger partial charge in [-0.2, -0.15) is 0 Å². The number of nitrogens with zero attached hydrogens (tertiary/aromatic N) is 4. The number of benzene rings is 19. The molecule has 0 spiro atoms. The molecule has 118 heavy (non-hydrogen) atoms. The van der Waals surface area contributed by atoms with Gasteiger partial charge in [-0.3, -0.25) is 0 Å². The van der Waals surface area contributed by atoms with Crippen molar-refractivity contribution in [1.82, 2.24) is 18.3 Å². The van der Waals surface area contributed by atoms with Crippen LogP contribution in [0.25, 0.3) is 228 Å². The van der Waals surface area contributed by atoms with E-state index in [0.717, 1.165) is 22.7 Å². The van der Waals surface area contributed by atoms with Crippen LogP contribution in [-0.2, 0) is 0 Å². The van der Waals surface area contributed by atoms with E-state index in [1.165, 1.54) is 205 Å². The average molecular weight is 1540 g/mol. The Bertz CT molecular complexity index is 8300. The lowest BCUT2D eigenvalue weighted by Gasteiger charge is -2.12. The molecule has 6 heteroatoms. The third-order valence-corrected chi connectivity index (χ3v) is 26.8. The van der Waals surface area contributed by atoms with Gasteiger partial charge >= 0.3 is 0 Å². The summed E-state index contributed by atoms with van der Waals surface area (Å²) in [6, 6.07) is 156. The van der Waals surface area contributed by atoms with Crippen LogP contribution in [0.5, 0.6) is 0 Å². The molecule has 6 aromatic heterocycles. The number of thiophene rings is 2. The third kappa shape index (κ3) is 10.9. The van der Waals surface area contributed by atoms with Crippen molar-refractivity contribution in [1.29, 1.82) is 0 Å². The Morgan fingerprint density at radius 3 is 0.966 bits per heavy atom. The molecule has 0 amide bonds. The molecule has 6 heterocycles. The molecule has 0 saturated heterocycles. The van der Waals surface area contributed by atoms with Crippen molar-refractivity contribution in [2.24, 2.45) is 0 Å². The summed E-state index contributed by atoms with van der Waals surface area (Å²) in [7, 11) is 0. The van der Waals surface area contributed by atoms with Gasteiger partial charge in [-0.05, 0) is 205 Å². The summed E-state index contributed by atoms with van der Waals surface area (Å²) in [5, 5.41) is 17.8. The Labute approximate surface area is 688 Å². The van der Waals surface area contributed by atoms with Crippen LogP contribution in [0.4, 0.5) is 0 Å². The second kappa shape index (κ2) is 27.4. The van der Waals surface area contributed by atoms with Gasteiger partial charge in [0.05, 0.1) is 44.1 Å². The lowest BCUT2D eigenvalue weighted by atomic mass is 9.96. The van der Waals surface area contributed by atoms with Crippen LogP contribution in [0.3, 0.4) is 0 Å². The predicted octanol–water partition coefficient (Wildman–Crippen LogP) is 31.7. The molecule has 0 radical (unpaired) electrons. The van der Waals surface area contributed by atoms with Crippen molar-refractivity contribution in [3.8, 4) is 89.5 Å². The molecule has 0 atom stereocenters. The van der Waals surface area contributed by atoms with E-state index in [0.29, 0.717) is 0 Å². The lowest BCUT2D eigenvalue weighted by molar-refractivity contribution is 1.16. The normalized spacial score (nSPS) is 11.9. The molecule has 550 valence electrons. The van der Waals surface area contributed by atoms with Gasteiger partial charge in [-0.1, -0.05) is 291 Å². The predicted molar refractivity (Wildman–Crippen MR) is 506 cm³/mol. The minimum atomic E-state index is 1.13. The van der Waals surface area contributed by atoms with Crippen LogP contribution in [0, 0.1) is 0 Å². The first-order valence-corrected chi connectivity index (χ1v) is 42.1. The Hall–Kier alpha value is -14.9. The van der Waals surface area contributed by atoms with Crippen LogP contribution in [0.1, 0.15) is 0 Å². The molecule has 0 aliphatic carbocycles. The Kier molecular flexibility index (Phi) is 15.7. The van der Waals surface area contributed by atoms with Gasteiger partial charge in [0.1, 0.15) is 0 Å². The molecule has 4 nitrogen and oxygen atoms in total. The lowest BCUT2D eigenvalue weighted by Crippen LogP contribution is -1.96. The van der Waals surface area contributed by atoms with Gasteiger partial charge in [-0.15, -0.1) is 22.7 Å². The number of hydrogen-bond acceptors (Lipinski definition) is 2. The highest BCUT2D eigenvalue weighted by molar-refractivity contribution is 7.27. The molecule has 0 fully saturated rings. The van der Waals surface area contributed by atoms with Crippen molar-refractivity contribution in [3.63, 3.8) is 0 Å². The molecule has 0 saturated carbocycles. The van der Waals surface area contributed by atoms with E-state index in [2.05, 4.69) is 443 Å². The number of hydrogen-bond donors (Lipinski definition) is 0. The maximum atomic E-state index is 2.48. The van der Waals surface area contributed by atoms with Crippen LogP contribution in [0.2, 0.25) is 0 Å². The first-order valence-electron chi connectivity index (χ1n) is 40.4. The summed E-state index contributed by atoms with van der Waals surface area (Å²) >= 11 is 3.78. The highest BCUT2D eigenvalue weighted by Crippen LogP contribution is 2.49. The summed E-state index contributed by atoms with van der Waals surface area (Å²) in [5.74, 6) is 0. The monoisotopic (exact) mass is 1530 g/mol. The van der Waals surface area contributed by atoms with Gasteiger partial charge in [0.25, 0.3) is 0 Å². The van der Waals surface area contributed by atoms with E-state index in [1.807, 2.05) is 22.7 Å². The first-order chi connectivity index (χ1) is 58.5. The van der Waals surface area contributed by atoms with Crippen molar-refractivity contribution < 1.29 is 0 Å². The highest BCUT2D eigenvalue weighted by Gasteiger charge is 2.25. The Morgan fingerprint density at radius 1 is 0.153 bits per heavy atom. The number of para-hydroxylation sites is 2. The van der Waals surface area contributed by atoms with Gasteiger partial charge in [0.2, 0.25) is 0 Å². The van der Waals surface area contributed by atoms with Gasteiger partial charge in [-0.25, -0.2) is 0 Å². The maximum Gasteiger partial charge on any atom is 0.0562 e. The summed E-state index contributed by atoms with van der Waals surface area (Å²) < 4.78 is 15.1. The minimum absolute atomic E-state index is 1.13. The van der Waals surface area contributed by atoms with E-state index in [-0.39, 0.29) is 0 Å². The molecule has 25 aromatic rings. The number of fused-ring (bicyclic) bond motifs is 20. The van der Waals surface area contributed by atoms with Gasteiger partial charge in [0.15, 0.2) is 0 Å². The first kappa shape index (κ1) is 67.6. The largest absolute Gasteiger partial charge is 0.309 e. The molecular formula is C112H70N4S2. The number of rotatable bonds is 10. The van der Waals surface area contributed by atoms with Crippen molar-refractivity contribution in [2.45, 2.75) is 0 Å². The molecule has 0 aliphatic heterocycles. The molecular weight excluding hydrogens is 1470 g/mol. The minimum Gasteiger partial charge on any atom is -0.309 e. The van der Waals surface area contributed by atoms with E-state index in [4.69, 9.17) is 0 Å². The second-order valence-corrected chi connectivity index (χ2v) is 33.1. The van der Waals surface area contributed by atoms with Crippen molar-refractivity contribution in [3.05, 3.63) is 425 Å². The second-order valence-electron chi connectivity index (χ2n) is 31.0. The van der Waals surface area contributed by atoms with Crippen LogP contribution >= 0.6 is 22.7 Å². The standard InChI is InChI=1S/C58H36N2S.C54H34N2S/c1-4-14-37(15-5-1)40-27-31-52-49(32-40)51-35-50-46-30-26-41(38-16-6-2-7-17-38)34-53(46)60(54(50)36-55(51)59(52)43-19-8-3-9-20-43)44-28-24-39(25-29-44)48-33-42-18-10-11-21-45(42)57-47-22-12-13-23-56(47)61-58(48)57;1-4-13-35(14-5-1)38-25-29-49-45(31-38)47-33-48-46-32-39(36-15-6-2-7-16-36)26-30-50(46)56(52(48)34-51(47)55(49)40-17-8-3-9-18-40)41-27-23-37(24-28-41)42-20-12-21-44-43-19-10-11-22-53(43)57-54(42)44/h1-36H;1-34H. The SMILES string of the molecule is c1ccc(-c2ccc3c(c2)c2cc4c5cc(-c6ccccc6)ccc5n(-c5ccc(-c6cccc7c6sc6ccccc67)cc5)c4cc2n3-c2ccccc2)cc1.c1ccc(-c2ccc3c(c2)c2cc4c5ccc(-c6ccccc6)cc5n(-c5ccc(-c6cc7ccccc7c7c6sc6ccccc67)cc5)c4cc2n3-c2ccccc2)cc1. The fraction of sp³-hybridized carbons (Fsp3) is 0. The molecule has 0 aliphatic rings. The zero-order valence-electron chi connectivity index (χ0n) is 64.0.